The Balaban J connectivity index is 1.62. The zero-order valence-corrected chi connectivity index (χ0v) is 15.4. The van der Waals surface area contributed by atoms with E-state index in [1.807, 2.05) is 18.3 Å². The molecule has 0 unspecified atom stereocenters. The molecule has 2 aliphatic rings. The van der Waals surface area contributed by atoms with Gasteiger partial charge in [0.25, 0.3) is 0 Å². The van der Waals surface area contributed by atoms with Crippen LogP contribution in [0.25, 0.3) is 10.9 Å². The first-order valence-electron chi connectivity index (χ1n) is 9.28. The Hall–Kier alpha value is -2.79. The van der Waals surface area contributed by atoms with Gasteiger partial charge in [0.2, 0.25) is 0 Å². The van der Waals surface area contributed by atoms with Crippen LogP contribution in [0.3, 0.4) is 0 Å². The number of hydrogen-bond acceptors (Lipinski definition) is 5. The average Bonchev–Trinajstić information content (AvgIpc) is 3.22. The Morgan fingerprint density at radius 3 is 2.81 bits per heavy atom. The minimum absolute atomic E-state index is 0.0762. The van der Waals surface area contributed by atoms with Crippen molar-refractivity contribution in [3.8, 4) is 11.5 Å². The summed E-state index contributed by atoms with van der Waals surface area (Å²) in [7, 11) is 3.33. The van der Waals surface area contributed by atoms with E-state index in [9.17, 15) is 0 Å². The number of fused-ring (bicyclic) bond motifs is 5. The number of benzene rings is 2. The van der Waals surface area contributed by atoms with Gasteiger partial charge < -0.3 is 19.5 Å². The van der Waals surface area contributed by atoms with Crippen molar-refractivity contribution in [3.05, 3.63) is 59.8 Å². The molecule has 0 saturated carbocycles. The van der Waals surface area contributed by atoms with Gasteiger partial charge >= 0.3 is 0 Å². The van der Waals surface area contributed by atoms with Crippen LogP contribution in [0.2, 0.25) is 0 Å². The molecular weight excluding hydrogens is 340 g/mol. The van der Waals surface area contributed by atoms with Crippen molar-refractivity contribution in [2.75, 3.05) is 26.1 Å². The summed E-state index contributed by atoms with van der Waals surface area (Å²) in [6, 6.07) is 14.6. The third-order valence-electron chi connectivity index (χ3n) is 5.75. The Morgan fingerprint density at radius 1 is 1.07 bits per heavy atom. The normalized spacial score (nSPS) is 23.4. The molecule has 138 valence electrons. The number of anilines is 1. The van der Waals surface area contributed by atoms with Crippen LogP contribution in [-0.2, 0) is 4.74 Å². The van der Waals surface area contributed by atoms with Crippen LogP contribution in [0.4, 0.5) is 5.69 Å². The quantitative estimate of drug-likeness (QED) is 0.744. The van der Waals surface area contributed by atoms with Crippen LogP contribution >= 0.6 is 0 Å². The summed E-state index contributed by atoms with van der Waals surface area (Å²) in [6.07, 6.45) is 2.93. The highest BCUT2D eigenvalue weighted by atomic mass is 16.5. The topological polar surface area (TPSA) is 52.6 Å². The fourth-order valence-corrected chi connectivity index (χ4v) is 4.50. The number of nitrogens with one attached hydrogen (secondary N) is 1. The lowest BCUT2D eigenvalue weighted by atomic mass is 9.80. The second-order valence-corrected chi connectivity index (χ2v) is 7.08. The fraction of sp³-hybridized carbons (Fsp3) is 0.318. The number of aromatic nitrogens is 1. The maximum atomic E-state index is 6.22. The largest absolute Gasteiger partial charge is 0.493 e. The smallest absolute Gasteiger partial charge is 0.161 e. The predicted molar refractivity (Wildman–Crippen MR) is 104 cm³/mol. The number of rotatable bonds is 3. The minimum atomic E-state index is 0.0762. The number of pyridine rings is 1. The van der Waals surface area contributed by atoms with Crippen molar-refractivity contribution in [3.63, 3.8) is 0 Å². The van der Waals surface area contributed by atoms with Crippen molar-refractivity contribution < 1.29 is 14.2 Å². The lowest BCUT2D eigenvalue weighted by Gasteiger charge is -2.37. The highest BCUT2D eigenvalue weighted by molar-refractivity contribution is 5.88. The lowest BCUT2D eigenvalue weighted by Crippen LogP contribution is -2.29. The summed E-state index contributed by atoms with van der Waals surface area (Å²) in [5.41, 5.74) is 4.56. The molecule has 5 nitrogen and oxygen atoms in total. The van der Waals surface area contributed by atoms with Gasteiger partial charge in [-0.15, -0.1) is 0 Å². The third kappa shape index (κ3) is 2.53. The SMILES string of the molecule is COc1ccc([C@H]2Nc3ccc4ncccc4c3[C@@H]3OCC[C@H]23)cc1OC. The van der Waals surface area contributed by atoms with Crippen LogP contribution in [0.15, 0.2) is 48.7 Å². The van der Waals surface area contributed by atoms with Crippen molar-refractivity contribution >= 4 is 16.6 Å². The lowest BCUT2D eigenvalue weighted by molar-refractivity contribution is 0.0841. The molecule has 2 aromatic carbocycles. The van der Waals surface area contributed by atoms with Gasteiger partial charge in [0, 0.05) is 35.4 Å². The van der Waals surface area contributed by atoms with Gasteiger partial charge in [0.1, 0.15) is 0 Å². The molecule has 0 amide bonds. The highest BCUT2D eigenvalue weighted by Crippen LogP contribution is 2.52. The van der Waals surface area contributed by atoms with Gasteiger partial charge in [-0.2, -0.15) is 0 Å². The van der Waals surface area contributed by atoms with Gasteiger partial charge in [-0.1, -0.05) is 12.1 Å². The van der Waals surface area contributed by atoms with Crippen molar-refractivity contribution in [2.24, 2.45) is 5.92 Å². The van der Waals surface area contributed by atoms with E-state index in [1.165, 1.54) is 16.5 Å². The molecule has 5 heteroatoms. The maximum absolute atomic E-state index is 6.22. The van der Waals surface area contributed by atoms with E-state index in [0.717, 1.165) is 35.7 Å². The molecule has 3 atom stereocenters. The van der Waals surface area contributed by atoms with Crippen LogP contribution < -0.4 is 14.8 Å². The third-order valence-corrected chi connectivity index (χ3v) is 5.75. The summed E-state index contributed by atoms with van der Waals surface area (Å²) < 4.78 is 17.1. The van der Waals surface area contributed by atoms with Crippen LogP contribution in [-0.4, -0.2) is 25.8 Å². The maximum Gasteiger partial charge on any atom is 0.161 e. The number of ether oxygens (including phenoxy) is 3. The summed E-state index contributed by atoms with van der Waals surface area (Å²) in [6.45, 7) is 0.775. The molecule has 1 saturated heterocycles. The van der Waals surface area contributed by atoms with Gasteiger partial charge in [0.05, 0.1) is 31.9 Å². The van der Waals surface area contributed by atoms with Crippen molar-refractivity contribution in [1.82, 2.24) is 4.98 Å². The molecule has 3 aromatic rings. The Morgan fingerprint density at radius 2 is 1.96 bits per heavy atom. The average molecular weight is 362 g/mol. The molecule has 27 heavy (non-hydrogen) atoms. The number of nitrogens with zero attached hydrogens (tertiary/aromatic N) is 1. The van der Waals surface area contributed by atoms with E-state index >= 15 is 0 Å². The molecule has 0 aliphatic carbocycles. The summed E-state index contributed by atoms with van der Waals surface area (Å²) >= 11 is 0. The first kappa shape index (κ1) is 16.4. The second kappa shape index (κ2) is 6.43. The first-order valence-corrected chi connectivity index (χ1v) is 9.28. The summed E-state index contributed by atoms with van der Waals surface area (Å²) in [5, 5.41) is 4.93. The second-order valence-electron chi connectivity index (χ2n) is 7.08. The van der Waals surface area contributed by atoms with Crippen LogP contribution in [0.5, 0.6) is 11.5 Å². The number of hydrogen-bond donors (Lipinski definition) is 1. The molecule has 0 bridgehead atoms. The van der Waals surface area contributed by atoms with E-state index in [2.05, 4.69) is 40.6 Å². The Kier molecular flexibility index (Phi) is 3.90. The van der Waals surface area contributed by atoms with Crippen LogP contribution in [0, 0.1) is 5.92 Å². The van der Waals surface area contributed by atoms with Crippen LogP contribution in [0.1, 0.15) is 29.7 Å². The van der Waals surface area contributed by atoms with Crippen molar-refractivity contribution in [1.29, 1.82) is 0 Å². The van der Waals surface area contributed by atoms with Crippen molar-refractivity contribution in [2.45, 2.75) is 18.6 Å². The number of methoxy groups -OCH3 is 2. The molecular formula is C22H22N2O3. The van der Waals surface area contributed by atoms with Gasteiger partial charge in [-0.3, -0.25) is 4.98 Å². The predicted octanol–water partition coefficient (Wildman–Crippen LogP) is 4.50. The van der Waals surface area contributed by atoms with E-state index in [4.69, 9.17) is 14.2 Å². The minimum Gasteiger partial charge on any atom is -0.493 e. The molecule has 3 heterocycles. The molecule has 5 rings (SSSR count). The van der Waals surface area contributed by atoms with Gasteiger partial charge in [-0.25, -0.2) is 0 Å². The monoisotopic (exact) mass is 362 g/mol. The molecule has 2 aliphatic heterocycles. The summed E-state index contributed by atoms with van der Waals surface area (Å²) in [5.74, 6) is 1.86. The first-order chi connectivity index (χ1) is 13.3. The summed E-state index contributed by atoms with van der Waals surface area (Å²) in [4.78, 5) is 4.51. The fourth-order valence-electron chi connectivity index (χ4n) is 4.50. The van der Waals surface area contributed by atoms with E-state index in [1.54, 1.807) is 14.2 Å². The molecule has 0 spiro atoms. The standard InChI is InChI=1S/C22H22N2O3/c1-25-18-8-5-13(12-19(18)26-2)21-15-9-11-27-22(15)20-14-4-3-10-23-16(14)6-7-17(20)24-21/h3-8,10,12,15,21-22,24H,9,11H2,1-2H3/t15-,21-,22-/m1/s1. The molecule has 1 fully saturated rings. The van der Waals surface area contributed by atoms with E-state index < -0.39 is 0 Å². The molecule has 0 radical (unpaired) electrons. The zero-order valence-electron chi connectivity index (χ0n) is 15.4. The van der Waals surface area contributed by atoms with E-state index in [-0.39, 0.29) is 12.1 Å². The Bertz CT molecular complexity index is 1000. The Labute approximate surface area is 158 Å². The zero-order chi connectivity index (χ0) is 18.4. The molecule has 1 N–H and O–H groups in total. The van der Waals surface area contributed by atoms with Gasteiger partial charge in [-0.05, 0) is 42.3 Å². The van der Waals surface area contributed by atoms with E-state index in [0.29, 0.717) is 5.92 Å². The molecule has 1 aromatic heterocycles. The highest BCUT2D eigenvalue weighted by Gasteiger charge is 2.42. The van der Waals surface area contributed by atoms with Gasteiger partial charge in [0.15, 0.2) is 11.5 Å².